The summed E-state index contributed by atoms with van der Waals surface area (Å²) in [6.45, 7) is 9.33. The van der Waals surface area contributed by atoms with E-state index < -0.39 is 0 Å². The van der Waals surface area contributed by atoms with Crippen LogP contribution in [0, 0.1) is 0 Å². The summed E-state index contributed by atoms with van der Waals surface area (Å²) in [5.74, 6) is 0. The molecule has 34 heavy (non-hydrogen) atoms. The standard InChI is InChI=1S/C34H56/c1-5-9-13-17-23-29-30(24-18-14-10-6-2)32(26-20-16-12-8-4)34-28-22-21-27-33(34)31(29)25-19-15-11-7-3/h21-22,27-28H,5-20,23-26H2,1-4H3. The molecule has 2 aromatic rings. The van der Waals surface area contributed by atoms with Crippen LogP contribution in [0.15, 0.2) is 24.3 Å². The maximum atomic E-state index is 2.45. The molecule has 0 nitrogen and oxygen atoms in total. The quantitative estimate of drug-likeness (QED) is 0.171. The lowest BCUT2D eigenvalue weighted by atomic mass is 9.81. The lowest BCUT2D eigenvalue weighted by Crippen LogP contribution is -2.08. The Morgan fingerprint density at radius 1 is 0.353 bits per heavy atom. The van der Waals surface area contributed by atoms with E-state index in [-0.39, 0.29) is 0 Å². The first-order valence-corrected chi connectivity index (χ1v) is 15.3. The summed E-state index contributed by atoms with van der Waals surface area (Å²) in [7, 11) is 0. The smallest absolute Gasteiger partial charge is 0.0146 e. The monoisotopic (exact) mass is 464 g/mol. The minimum Gasteiger partial charge on any atom is -0.0654 e. The van der Waals surface area contributed by atoms with E-state index in [1.807, 2.05) is 0 Å². The number of unbranched alkanes of at least 4 members (excludes halogenated alkanes) is 12. The molecule has 0 fully saturated rings. The van der Waals surface area contributed by atoms with Crippen molar-refractivity contribution in [2.24, 2.45) is 0 Å². The van der Waals surface area contributed by atoms with Crippen LogP contribution in [-0.2, 0) is 25.7 Å². The van der Waals surface area contributed by atoms with E-state index in [0.29, 0.717) is 0 Å². The SMILES string of the molecule is CCCCCCc1c(CCCCCC)c(CCCCCC)c2ccccc2c1CCCCCC. The number of hydrogen-bond acceptors (Lipinski definition) is 0. The van der Waals surface area contributed by atoms with E-state index in [1.165, 1.54) is 128 Å². The van der Waals surface area contributed by atoms with Crippen molar-refractivity contribution in [1.82, 2.24) is 0 Å². The highest BCUT2D eigenvalue weighted by molar-refractivity contribution is 5.91. The topological polar surface area (TPSA) is 0 Å². The van der Waals surface area contributed by atoms with Crippen molar-refractivity contribution in [3.63, 3.8) is 0 Å². The minimum absolute atomic E-state index is 1.28. The number of rotatable bonds is 20. The van der Waals surface area contributed by atoms with Gasteiger partial charge in [-0.05, 0) is 84.4 Å². The lowest BCUT2D eigenvalue weighted by Gasteiger charge is -2.24. The van der Waals surface area contributed by atoms with Gasteiger partial charge in [0.1, 0.15) is 0 Å². The van der Waals surface area contributed by atoms with Gasteiger partial charge < -0.3 is 0 Å². The maximum Gasteiger partial charge on any atom is -0.0146 e. The summed E-state index contributed by atoms with van der Waals surface area (Å²) in [5.41, 5.74) is 7.03. The molecule has 0 heteroatoms. The lowest BCUT2D eigenvalue weighted by molar-refractivity contribution is 0.634. The first kappa shape index (κ1) is 28.9. The summed E-state index contributed by atoms with van der Waals surface area (Å²) < 4.78 is 0. The molecule has 0 aliphatic carbocycles. The molecule has 0 aliphatic rings. The van der Waals surface area contributed by atoms with Gasteiger partial charge in [-0.15, -0.1) is 0 Å². The average Bonchev–Trinajstić information content (AvgIpc) is 2.86. The van der Waals surface area contributed by atoms with Gasteiger partial charge in [-0.3, -0.25) is 0 Å². The number of fused-ring (bicyclic) bond motifs is 1. The Bertz CT molecular complexity index is 718. The van der Waals surface area contributed by atoms with Gasteiger partial charge in [0.25, 0.3) is 0 Å². The largest absolute Gasteiger partial charge is 0.0654 e. The van der Waals surface area contributed by atoms with Gasteiger partial charge in [-0.2, -0.15) is 0 Å². The van der Waals surface area contributed by atoms with Gasteiger partial charge in [-0.25, -0.2) is 0 Å². The third kappa shape index (κ3) is 9.39. The Morgan fingerprint density at radius 2 is 0.647 bits per heavy atom. The molecule has 192 valence electrons. The van der Waals surface area contributed by atoms with Gasteiger partial charge in [0.15, 0.2) is 0 Å². The van der Waals surface area contributed by atoms with Crippen LogP contribution in [0.5, 0.6) is 0 Å². The second-order valence-electron chi connectivity index (χ2n) is 10.7. The molecule has 0 saturated heterocycles. The van der Waals surface area contributed by atoms with Gasteiger partial charge in [-0.1, -0.05) is 129 Å². The van der Waals surface area contributed by atoms with Crippen LogP contribution in [0.2, 0.25) is 0 Å². The fraction of sp³-hybridized carbons (Fsp3) is 0.706. The summed E-state index contributed by atoms with van der Waals surface area (Å²) in [5, 5.41) is 3.18. The molecule has 2 aromatic carbocycles. The zero-order chi connectivity index (χ0) is 24.4. The summed E-state index contributed by atoms with van der Waals surface area (Å²) in [4.78, 5) is 0. The van der Waals surface area contributed by atoms with Gasteiger partial charge >= 0.3 is 0 Å². The zero-order valence-electron chi connectivity index (χ0n) is 23.5. The fourth-order valence-electron chi connectivity index (χ4n) is 5.79. The highest BCUT2D eigenvalue weighted by atomic mass is 14.2. The molecule has 0 radical (unpaired) electrons. The third-order valence-corrected chi connectivity index (χ3v) is 7.79. The number of aryl methyl sites for hydroxylation is 2. The Morgan fingerprint density at radius 3 is 0.941 bits per heavy atom. The maximum absolute atomic E-state index is 2.45. The van der Waals surface area contributed by atoms with Crippen molar-refractivity contribution < 1.29 is 0 Å². The van der Waals surface area contributed by atoms with E-state index in [4.69, 9.17) is 0 Å². The Kier molecular flexibility index (Phi) is 15.3. The zero-order valence-corrected chi connectivity index (χ0v) is 23.5. The minimum atomic E-state index is 1.28. The van der Waals surface area contributed by atoms with Crippen LogP contribution in [0.1, 0.15) is 153 Å². The summed E-state index contributed by atoms with van der Waals surface area (Å²) >= 11 is 0. The van der Waals surface area contributed by atoms with Crippen molar-refractivity contribution in [1.29, 1.82) is 0 Å². The van der Waals surface area contributed by atoms with Crippen LogP contribution in [0.3, 0.4) is 0 Å². The van der Waals surface area contributed by atoms with E-state index in [2.05, 4.69) is 52.0 Å². The first-order valence-electron chi connectivity index (χ1n) is 15.3. The Hall–Kier alpha value is -1.30. The first-order chi connectivity index (χ1) is 16.8. The molecule has 0 unspecified atom stereocenters. The van der Waals surface area contributed by atoms with Crippen LogP contribution < -0.4 is 0 Å². The van der Waals surface area contributed by atoms with Crippen LogP contribution in [0.25, 0.3) is 10.8 Å². The molecule has 0 bridgehead atoms. The second kappa shape index (κ2) is 18.0. The molecular formula is C34H56. The molecule has 0 saturated carbocycles. The number of hydrogen-bond donors (Lipinski definition) is 0. The molecule has 0 atom stereocenters. The predicted octanol–water partition coefficient (Wildman–Crippen LogP) is 11.3. The van der Waals surface area contributed by atoms with E-state index >= 15 is 0 Å². The van der Waals surface area contributed by atoms with E-state index in [0.717, 1.165) is 0 Å². The second-order valence-corrected chi connectivity index (χ2v) is 10.7. The van der Waals surface area contributed by atoms with Crippen LogP contribution in [0.4, 0.5) is 0 Å². The van der Waals surface area contributed by atoms with Gasteiger partial charge in [0.2, 0.25) is 0 Å². The molecule has 0 heterocycles. The Balaban J connectivity index is 2.50. The molecule has 0 aliphatic heterocycles. The van der Waals surface area contributed by atoms with Crippen molar-refractivity contribution in [2.45, 2.75) is 156 Å². The summed E-state index contributed by atoms with van der Waals surface area (Å²) in [6.07, 6.45) is 27.0. The van der Waals surface area contributed by atoms with Crippen LogP contribution in [-0.4, -0.2) is 0 Å². The van der Waals surface area contributed by atoms with Crippen molar-refractivity contribution in [3.05, 3.63) is 46.5 Å². The predicted molar refractivity (Wildman–Crippen MR) is 155 cm³/mol. The normalized spacial score (nSPS) is 11.5. The molecular weight excluding hydrogens is 408 g/mol. The molecule has 0 spiro atoms. The fourth-order valence-corrected chi connectivity index (χ4v) is 5.79. The van der Waals surface area contributed by atoms with Crippen molar-refractivity contribution in [2.75, 3.05) is 0 Å². The van der Waals surface area contributed by atoms with Crippen LogP contribution >= 0.6 is 0 Å². The molecule has 0 N–H and O–H groups in total. The van der Waals surface area contributed by atoms with Crippen molar-refractivity contribution in [3.8, 4) is 0 Å². The average molecular weight is 465 g/mol. The highest BCUT2D eigenvalue weighted by Gasteiger charge is 2.18. The van der Waals surface area contributed by atoms with Crippen molar-refractivity contribution >= 4 is 10.8 Å². The molecule has 2 rings (SSSR count). The van der Waals surface area contributed by atoms with E-state index in [1.54, 1.807) is 33.0 Å². The Labute approximate surface area is 213 Å². The molecule has 0 aromatic heterocycles. The van der Waals surface area contributed by atoms with Gasteiger partial charge in [0, 0.05) is 0 Å². The van der Waals surface area contributed by atoms with E-state index in [9.17, 15) is 0 Å². The highest BCUT2D eigenvalue weighted by Crippen LogP contribution is 2.35. The summed E-state index contributed by atoms with van der Waals surface area (Å²) in [6, 6.07) is 9.49. The number of benzene rings is 2. The molecule has 0 amide bonds. The van der Waals surface area contributed by atoms with Gasteiger partial charge in [0.05, 0.1) is 0 Å². The third-order valence-electron chi connectivity index (χ3n) is 7.79.